The lowest BCUT2D eigenvalue weighted by atomic mass is 10.1. The molecule has 0 bridgehead atoms. The van der Waals surface area contributed by atoms with Crippen LogP contribution in [0.2, 0.25) is 5.02 Å². The second-order valence-electron chi connectivity index (χ2n) is 6.62. The van der Waals surface area contributed by atoms with Gasteiger partial charge in [-0.25, -0.2) is 9.78 Å². The number of fused-ring (bicyclic) bond motifs is 2. The van der Waals surface area contributed by atoms with Crippen LogP contribution < -0.4 is 27.0 Å². The monoisotopic (exact) mass is 468 g/mol. The maximum absolute atomic E-state index is 12.0. The number of anilines is 3. The van der Waals surface area contributed by atoms with Gasteiger partial charge in [0, 0.05) is 12.1 Å². The number of primary amides is 1. The maximum atomic E-state index is 12.0. The molecule has 1 amide bonds. The van der Waals surface area contributed by atoms with E-state index >= 15 is 0 Å². The van der Waals surface area contributed by atoms with E-state index in [9.17, 15) is 14.7 Å². The Morgan fingerprint density at radius 2 is 2.07 bits per heavy atom. The number of benzene rings is 2. The number of nitrogens with one attached hydrogen (secondary N) is 2. The van der Waals surface area contributed by atoms with E-state index in [1.807, 2.05) is 0 Å². The molecule has 0 fully saturated rings. The van der Waals surface area contributed by atoms with Crippen molar-refractivity contribution < 1.29 is 14.7 Å². The predicted molar refractivity (Wildman–Crippen MR) is 121 cm³/mol. The van der Waals surface area contributed by atoms with Gasteiger partial charge in [0.25, 0.3) is 0 Å². The van der Waals surface area contributed by atoms with Gasteiger partial charge in [-0.05, 0) is 36.4 Å². The Bertz CT molecular complexity index is 1160. The van der Waals surface area contributed by atoms with Crippen molar-refractivity contribution >= 4 is 73.9 Å². The molecule has 3 aromatic rings. The smallest absolute Gasteiger partial charge is 0.335 e. The first-order valence-corrected chi connectivity index (χ1v) is 9.69. The summed E-state index contributed by atoms with van der Waals surface area (Å²) in [6.07, 6.45) is 0. The lowest BCUT2D eigenvalue weighted by Gasteiger charge is -2.41. The van der Waals surface area contributed by atoms with Crippen LogP contribution in [-0.4, -0.2) is 40.8 Å². The molecule has 158 valence electrons. The SMILES string of the molecule is CN1c2ccc(C(=O)O)cc2NC1(Nc1nc2ccc(Cl)cc2s1)C(N)C(N)=O.Cl. The number of carboxylic acid groups (broad SMARTS) is 1. The summed E-state index contributed by atoms with van der Waals surface area (Å²) in [7, 11) is 1.72. The van der Waals surface area contributed by atoms with Gasteiger partial charge in [0.2, 0.25) is 11.7 Å². The Kier molecular flexibility index (Phi) is 5.70. The molecular weight excluding hydrogens is 451 g/mol. The molecule has 2 heterocycles. The second kappa shape index (κ2) is 7.80. The molecule has 0 spiro atoms. The van der Waals surface area contributed by atoms with Crippen LogP contribution in [0.1, 0.15) is 10.4 Å². The summed E-state index contributed by atoms with van der Waals surface area (Å²) in [5, 5.41) is 16.7. The zero-order valence-corrected chi connectivity index (χ0v) is 17.9. The van der Waals surface area contributed by atoms with Crippen molar-refractivity contribution in [1.29, 1.82) is 0 Å². The fourth-order valence-corrected chi connectivity index (χ4v) is 4.54. The number of aromatic carboxylic acids is 1. The summed E-state index contributed by atoms with van der Waals surface area (Å²) in [6, 6.07) is 8.72. The number of likely N-dealkylation sites (N-methyl/N-ethyl adjacent to an activating group) is 1. The molecule has 9 nitrogen and oxygen atoms in total. The average Bonchev–Trinajstić information content (AvgIpc) is 3.19. The summed E-state index contributed by atoms with van der Waals surface area (Å²) in [6.45, 7) is 0. The Morgan fingerprint density at radius 1 is 1.33 bits per heavy atom. The van der Waals surface area contributed by atoms with Crippen LogP contribution in [-0.2, 0) is 4.79 Å². The summed E-state index contributed by atoms with van der Waals surface area (Å²) < 4.78 is 0.856. The Hall–Kier alpha value is -2.79. The molecular formula is C18H18Cl2N6O3S. The van der Waals surface area contributed by atoms with Crippen molar-refractivity contribution in [2.24, 2.45) is 11.5 Å². The second-order valence-corrected chi connectivity index (χ2v) is 8.09. The standard InChI is InChI=1S/C18H17ClN6O3S.ClH/c1-25-12-5-2-8(16(27)28)6-11(12)23-18(25,14(20)15(21)26)24-17-22-10-4-3-9(19)7-13(10)29-17;/h2-7,14,23H,20H2,1H3,(H2,21,26)(H,22,24)(H,27,28);1H. The van der Waals surface area contributed by atoms with Gasteiger partial charge in [0.1, 0.15) is 6.04 Å². The number of carbonyl (C=O) groups excluding carboxylic acids is 1. The predicted octanol–water partition coefficient (Wildman–Crippen LogP) is 2.51. The van der Waals surface area contributed by atoms with E-state index in [0.717, 1.165) is 10.2 Å². The third-order valence-electron chi connectivity index (χ3n) is 4.86. The normalized spacial score (nSPS) is 18.3. The van der Waals surface area contributed by atoms with Gasteiger partial charge in [0.05, 0.1) is 27.2 Å². The fraction of sp³-hybridized carbons (Fsp3) is 0.167. The van der Waals surface area contributed by atoms with E-state index in [2.05, 4.69) is 15.6 Å². The lowest BCUT2D eigenvalue weighted by Crippen LogP contribution is -2.70. The molecule has 7 N–H and O–H groups in total. The number of carbonyl (C=O) groups is 2. The van der Waals surface area contributed by atoms with Crippen molar-refractivity contribution in [3.05, 3.63) is 47.0 Å². The lowest BCUT2D eigenvalue weighted by molar-refractivity contribution is -0.120. The van der Waals surface area contributed by atoms with Gasteiger partial charge < -0.3 is 32.1 Å². The van der Waals surface area contributed by atoms with Gasteiger partial charge in [-0.2, -0.15) is 0 Å². The van der Waals surface area contributed by atoms with Crippen LogP contribution in [0.25, 0.3) is 10.2 Å². The number of nitrogens with zero attached hydrogens (tertiary/aromatic N) is 2. The minimum atomic E-state index is -1.34. The van der Waals surface area contributed by atoms with E-state index < -0.39 is 23.7 Å². The number of halogens is 2. The number of amides is 1. The molecule has 1 aromatic heterocycles. The number of rotatable bonds is 5. The highest BCUT2D eigenvalue weighted by molar-refractivity contribution is 7.22. The van der Waals surface area contributed by atoms with Crippen molar-refractivity contribution in [3.63, 3.8) is 0 Å². The minimum absolute atomic E-state index is 0. The molecule has 2 aromatic carbocycles. The van der Waals surface area contributed by atoms with E-state index in [0.29, 0.717) is 21.5 Å². The topological polar surface area (TPSA) is 147 Å². The molecule has 2 atom stereocenters. The van der Waals surface area contributed by atoms with E-state index in [-0.39, 0.29) is 18.0 Å². The summed E-state index contributed by atoms with van der Waals surface area (Å²) in [5.74, 6) is -3.15. The summed E-state index contributed by atoms with van der Waals surface area (Å²) >= 11 is 7.39. The molecule has 0 saturated carbocycles. The van der Waals surface area contributed by atoms with Crippen LogP contribution in [0.4, 0.5) is 16.5 Å². The van der Waals surface area contributed by atoms with E-state index in [4.69, 9.17) is 23.1 Å². The van der Waals surface area contributed by atoms with Crippen LogP contribution >= 0.6 is 35.3 Å². The number of nitrogens with two attached hydrogens (primary N) is 2. The number of hydrogen-bond donors (Lipinski definition) is 5. The number of hydrogen-bond acceptors (Lipinski definition) is 8. The zero-order valence-electron chi connectivity index (χ0n) is 15.5. The van der Waals surface area contributed by atoms with Gasteiger partial charge in [-0.1, -0.05) is 22.9 Å². The molecule has 4 rings (SSSR count). The molecule has 12 heteroatoms. The molecule has 1 aliphatic rings. The quantitative estimate of drug-likeness (QED) is 0.383. The van der Waals surface area contributed by atoms with Gasteiger partial charge in [0.15, 0.2) is 5.13 Å². The number of carboxylic acids is 1. The zero-order chi connectivity index (χ0) is 20.9. The maximum Gasteiger partial charge on any atom is 0.335 e. The van der Waals surface area contributed by atoms with Crippen molar-refractivity contribution in [3.8, 4) is 0 Å². The molecule has 0 aliphatic carbocycles. The van der Waals surface area contributed by atoms with Crippen molar-refractivity contribution in [1.82, 2.24) is 4.98 Å². The summed E-state index contributed by atoms with van der Waals surface area (Å²) in [4.78, 5) is 29.6. The Morgan fingerprint density at radius 3 is 2.73 bits per heavy atom. The molecule has 0 saturated heterocycles. The van der Waals surface area contributed by atoms with Gasteiger partial charge >= 0.3 is 5.97 Å². The van der Waals surface area contributed by atoms with E-state index in [1.165, 1.54) is 23.5 Å². The third-order valence-corrected chi connectivity index (χ3v) is 6.03. The first-order valence-electron chi connectivity index (χ1n) is 8.50. The highest BCUT2D eigenvalue weighted by Gasteiger charge is 2.50. The fourth-order valence-electron chi connectivity index (χ4n) is 3.34. The van der Waals surface area contributed by atoms with Crippen molar-refractivity contribution in [2.45, 2.75) is 11.8 Å². The molecule has 2 unspecified atom stereocenters. The number of thiazole rings is 1. The first kappa shape index (κ1) is 21.9. The highest BCUT2D eigenvalue weighted by atomic mass is 35.5. The first-order chi connectivity index (χ1) is 13.7. The largest absolute Gasteiger partial charge is 0.478 e. The van der Waals surface area contributed by atoms with E-state index in [1.54, 1.807) is 36.2 Å². The minimum Gasteiger partial charge on any atom is -0.478 e. The Labute approximate surface area is 186 Å². The van der Waals surface area contributed by atoms with Gasteiger partial charge in [-0.3, -0.25) is 4.79 Å². The van der Waals surface area contributed by atoms with Crippen LogP contribution in [0.3, 0.4) is 0 Å². The van der Waals surface area contributed by atoms with Crippen LogP contribution in [0, 0.1) is 0 Å². The van der Waals surface area contributed by atoms with Crippen LogP contribution in [0.5, 0.6) is 0 Å². The molecule has 0 radical (unpaired) electrons. The number of aromatic nitrogens is 1. The van der Waals surface area contributed by atoms with Gasteiger partial charge in [-0.15, -0.1) is 12.4 Å². The summed E-state index contributed by atoms with van der Waals surface area (Å²) in [5.41, 5.74) is 13.7. The third kappa shape index (κ3) is 3.47. The molecule has 30 heavy (non-hydrogen) atoms. The van der Waals surface area contributed by atoms with Crippen LogP contribution in [0.15, 0.2) is 36.4 Å². The highest BCUT2D eigenvalue weighted by Crippen LogP contribution is 2.42. The molecule has 1 aliphatic heterocycles. The Balaban J connectivity index is 0.00000256. The van der Waals surface area contributed by atoms with Crippen molar-refractivity contribution in [2.75, 3.05) is 22.6 Å². The average molecular weight is 469 g/mol.